The molecule has 1 aliphatic heterocycles. The Morgan fingerprint density at radius 2 is 1.71 bits per heavy atom. The molecule has 0 radical (unpaired) electrons. The molecule has 2 N–H and O–H groups in total. The average molecular weight is 440 g/mol. The number of nitrogens with one attached hydrogen (secondary N) is 2. The van der Waals surface area contributed by atoms with E-state index in [1.807, 2.05) is 12.1 Å². The second kappa shape index (κ2) is 9.17. The number of piperidine rings is 1. The quantitative estimate of drug-likeness (QED) is 0.574. The van der Waals surface area contributed by atoms with Crippen molar-refractivity contribution in [3.05, 3.63) is 59.2 Å². The summed E-state index contributed by atoms with van der Waals surface area (Å²) in [6, 6.07) is 14.9. The van der Waals surface area contributed by atoms with Crippen LogP contribution in [0.3, 0.4) is 0 Å². The minimum Gasteiger partial charge on any atom is -0.496 e. The van der Waals surface area contributed by atoms with Crippen molar-refractivity contribution in [3.8, 4) is 5.75 Å². The van der Waals surface area contributed by atoms with Gasteiger partial charge in [-0.2, -0.15) is 0 Å². The molecule has 4 nitrogen and oxygen atoms in total. The maximum absolute atomic E-state index is 6.00. The Bertz CT molecular complexity index is 922. The highest BCUT2D eigenvalue weighted by molar-refractivity contribution is 7.80. The highest BCUT2D eigenvalue weighted by Crippen LogP contribution is 2.33. The molecule has 0 amide bonds. The number of hydrogen-bond donors (Lipinski definition) is 2. The number of rotatable bonds is 5. The molecular weight excluding hydrogens is 402 g/mol. The first kappa shape index (κ1) is 23.6. The summed E-state index contributed by atoms with van der Waals surface area (Å²) in [5, 5.41) is 8.06. The Hall–Kier alpha value is -2.11. The number of hydrogen-bond acceptors (Lipinski definition) is 3. The molecule has 5 heteroatoms. The van der Waals surface area contributed by atoms with Crippen molar-refractivity contribution in [2.45, 2.75) is 78.0 Å². The first-order valence-corrected chi connectivity index (χ1v) is 11.5. The average Bonchev–Trinajstić information content (AvgIpc) is 2.66. The van der Waals surface area contributed by atoms with Crippen molar-refractivity contribution in [2.24, 2.45) is 0 Å². The molecule has 31 heavy (non-hydrogen) atoms. The zero-order valence-corrected chi connectivity index (χ0v) is 20.8. The van der Waals surface area contributed by atoms with E-state index in [1.165, 1.54) is 11.1 Å². The fraction of sp³-hybridized carbons (Fsp3) is 0.500. The third-order valence-corrected chi connectivity index (χ3v) is 6.50. The van der Waals surface area contributed by atoms with E-state index >= 15 is 0 Å². The molecule has 1 aliphatic rings. The SMILES string of the molecule is COc1ccccc1CN(C(=S)Nc1ccc(C)c(C)c1)C1CC(C)(C)NC(C)(C)C1. The molecule has 2 aromatic rings. The van der Waals surface area contributed by atoms with Gasteiger partial charge in [0.05, 0.1) is 7.11 Å². The lowest BCUT2D eigenvalue weighted by Gasteiger charge is -2.50. The van der Waals surface area contributed by atoms with Crippen molar-refractivity contribution in [2.75, 3.05) is 12.4 Å². The van der Waals surface area contributed by atoms with E-state index < -0.39 is 0 Å². The van der Waals surface area contributed by atoms with Gasteiger partial charge < -0.3 is 20.3 Å². The van der Waals surface area contributed by atoms with Crippen LogP contribution in [0.4, 0.5) is 5.69 Å². The summed E-state index contributed by atoms with van der Waals surface area (Å²) >= 11 is 6.00. The maximum Gasteiger partial charge on any atom is 0.173 e. The first-order chi connectivity index (χ1) is 14.5. The lowest BCUT2D eigenvalue weighted by atomic mass is 9.79. The van der Waals surface area contributed by atoms with E-state index in [-0.39, 0.29) is 11.1 Å². The monoisotopic (exact) mass is 439 g/mol. The summed E-state index contributed by atoms with van der Waals surface area (Å²) in [5.74, 6) is 0.897. The Morgan fingerprint density at radius 1 is 1.06 bits per heavy atom. The molecule has 2 aromatic carbocycles. The highest BCUT2D eigenvalue weighted by Gasteiger charge is 2.40. The van der Waals surface area contributed by atoms with Crippen molar-refractivity contribution >= 4 is 23.0 Å². The predicted octanol–water partition coefficient (Wildman–Crippen LogP) is 5.82. The third kappa shape index (κ3) is 5.98. The highest BCUT2D eigenvalue weighted by atomic mass is 32.1. The van der Waals surface area contributed by atoms with Gasteiger partial charge in [0.15, 0.2) is 5.11 Å². The molecule has 1 saturated heterocycles. The Kier molecular flexibility index (Phi) is 6.97. The van der Waals surface area contributed by atoms with Gasteiger partial charge in [0.25, 0.3) is 0 Å². The molecule has 0 spiro atoms. The van der Waals surface area contributed by atoms with Gasteiger partial charge in [-0.25, -0.2) is 0 Å². The van der Waals surface area contributed by atoms with E-state index in [2.05, 4.69) is 87.4 Å². The van der Waals surface area contributed by atoms with E-state index in [0.717, 1.165) is 35.0 Å². The largest absolute Gasteiger partial charge is 0.496 e. The first-order valence-electron chi connectivity index (χ1n) is 11.1. The van der Waals surface area contributed by atoms with Crippen molar-refractivity contribution in [1.82, 2.24) is 10.2 Å². The normalized spacial score (nSPS) is 17.8. The topological polar surface area (TPSA) is 36.5 Å². The standard InChI is InChI=1S/C26H37N3OS/c1-18-12-13-21(14-19(18)2)27-24(31)29(17-20-10-8-9-11-23(20)30-7)22-15-25(3,4)28-26(5,6)16-22/h8-14,22,28H,15-17H2,1-7H3,(H,27,31). The summed E-state index contributed by atoms with van der Waals surface area (Å²) < 4.78 is 5.64. The van der Waals surface area contributed by atoms with E-state index in [9.17, 15) is 0 Å². The number of methoxy groups -OCH3 is 1. The molecule has 0 bridgehead atoms. The number of aryl methyl sites for hydroxylation is 2. The number of thiocarbonyl (C=S) groups is 1. The van der Waals surface area contributed by atoms with Crippen LogP contribution in [0.25, 0.3) is 0 Å². The molecule has 0 atom stereocenters. The molecular formula is C26H37N3OS. The van der Waals surface area contributed by atoms with E-state index in [0.29, 0.717) is 12.6 Å². The summed E-state index contributed by atoms with van der Waals surface area (Å²) in [6.45, 7) is 14.1. The van der Waals surface area contributed by atoms with Crippen LogP contribution in [0.5, 0.6) is 5.75 Å². The number of nitrogens with zero attached hydrogens (tertiary/aromatic N) is 1. The van der Waals surface area contributed by atoms with Gasteiger partial charge in [0.1, 0.15) is 5.75 Å². The zero-order chi connectivity index (χ0) is 22.8. The number of para-hydroxylation sites is 1. The second-order valence-electron chi connectivity index (χ2n) is 10.1. The molecule has 1 heterocycles. The lowest BCUT2D eigenvalue weighted by molar-refractivity contribution is 0.101. The van der Waals surface area contributed by atoms with Crippen LogP contribution in [0.2, 0.25) is 0 Å². The van der Waals surface area contributed by atoms with Crippen LogP contribution in [-0.2, 0) is 6.54 Å². The van der Waals surface area contributed by atoms with Crippen LogP contribution in [0.15, 0.2) is 42.5 Å². The molecule has 3 rings (SSSR count). The molecule has 0 aromatic heterocycles. The van der Waals surface area contributed by atoms with Crippen LogP contribution in [0, 0.1) is 13.8 Å². The minimum absolute atomic E-state index is 0.0293. The molecule has 168 valence electrons. The molecule has 0 aliphatic carbocycles. The summed E-state index contributed by atoms with van der Waals surface area (Å²) in [6.07, 6.45) is 2.03. The molecule has 0 unspecified atom stereocenters. The Labute approximate surface area is 193 Å². The number of anilines is 1. The van der Waals surface area contributed by atoms with Gasteiger partial charge >= 0.3 is 0 Å². The Balaban J connectivity index is 1.93. The Morgan fingerprint density at radius 3 is 2.32 bits per heavy atom. The summed E-state index contributed by atoms with van der Waals surface area (Å²) in [7, 11) is 1.73. The fourth-order valence-electron chi connectivity index (χ4n) is 4.89. The predicted molar refractivity (Wildman–Crippen MR) is 135 cm³/mol. The smallest absolute Gasteiger partial charge is 0.173 e. The molecule has 0 saturated carbocycles. The van der Waals surface area contributed by atoms with Gasteiger partial charge in [0, 0.05) is 34.9 Å². The van der Waals surface area contributed by atoms with Crippen LogP contribution in [0.1, 0.15) is 57.2 Å². The summed E-state index contributed by atoms with van der Waals surface area (Å²) in [5.41, 5.74) is 4.77. The van der Waals surface area contributed by atoms with Gasteiger partial charge in [-0.05, 0) is 95.9 Å². The maximum atomic E-state index is 6.00. The van der Waals surface area contributed by atoms with E-state index in [1.54, 1.807) is 7.11 Å². The van der Waals surface area contributed by atoms with Crippen LogP contribution < -0.4 is 15.4 Å². The number of benzene rings is 2. The fourth-order valence-corrected chi connectivity index (χ4v) is 5.22. The molecule has 1 fully saturated rings. The lowest BCUT2D eigenvalue weighted by Crippen LogP contribution is -2.63. The van der Waals surface area contributed by atoms with Crippen LogP contribution >= 0.6 is 12.2 Å². The van der Waals surface area contributed by atoms with Crippen molar-refractivity contribution in [3.63, 3.8) is 0 Å². The van der Waals surface area contributed by atoms with Crippen molar-refractivity contribution in [1.29, 1.82) is 0 Å². The van der Waals surface area contributed by atoms with Crippen LogP contribution in [-0.4, -0.2) is 34.2 Å². The van der Waals surface area contributed by atoms with Gasteiger partial charge in [-0.1, -0.05) is 24.3 Å². The number of ether oxygens (including phenoxy) is 1. The van der Waals surface area contributed by atoms with E-state index in [4.69, 9.17) is 17.0 Å². The van der Waals surface area contributed by atoms with Gasteiger partial charge in [0.2, 0.25) is 0 Å². The summed E-state index contributed by atoms with van der Waals surface area (Å²) in [4.78, 5) is 2.35. The minimum atomic E-state index is 0.0293. The van der Waals surface area contributed by atoms with Gasteiger partial charge in [-0.15, -0.1) is 0 Å². The zero-order valence-electron chi connectivity index (χ0n) is 20.0. The third-order valence-electron chi connectivity index (χ3n) is 6.16. The second-order valence-corrected chi connectivity index (χ2v) is 10.5. The van der Waals surface area contributed by atoms with Gasteiger partial charge in [-0.3, -0.25) is 0 Å². The van der Waals surface area contributed by atoms with Crippen molar-refractivity contribution < 1.29 is 4.74 Å².